The van der Waals surface area contributed by atoms with Crippen molar-refractivity contribution in [3.63, 3.8) is 0 Å². The third kappa shape index (κ3) is 2.59. The quantitative estimate of drug-likeness (QED) is 0.877. The van der Waals surface area contributed by atoms with Crippen LogP contribution in [0.15, 0.2) is 30.5 Å². The molecule has 0 saturated carbocycles. The maximum Gasteiger partial charge on any atom is 0.326 e. The number of nitrogens with zero attached hydrogens (tertiary/aromatic N) is 1. The highest BCUT2D eigenvalue weighted by atomic mass is 16.4. The number of likely N-dealkylation sites (N-methyl/N-ethyl adjacent to an activating group) is 1. The van der Waals surface area contributed by atoms with Crippen LogP contribution in [-0.4, -0.2) is 40.0 Å². The largest absolute Gasteiger partial charge is 0.480 e. The van der Waals surface area contributed by atoms with E-state index in [-0.39, 0.29) is 12.3 Å². The van der Waals surface area contributed by atoms with Gasteiger partial charge in [0.1, 0.15) is 6.04 Å². The number of para-hydroxylation sites is 1. The zero-order chi connectivity index (χ0) is 14.0. The minimum absolute atomic E-state index is 0.193. The molecule has 1 heterocycles. The highest BCUT2D eigenvalue weighted by Gasteiger charge is 2.22. The Balaban J connectivity index is 2.17. The molecule has 1 atom stereocenters. The minimum Gasteiger partial charge on any atom is -0.480 e. The lowest BCUT2D eigenvalue weighted by Gasteiger charge is -2.21. The van der Waals surface area contributed by atoms with Gasteiger partial charge in [-0.05, 0) is 18.6 Å². The monoisotopic (exact) mass is 260 g/mol. The number of carbonyl (C=O) groups is 2. The van der Waals surface area contributed by atoms with Crippen molar-refractivity contribution < 1.29 is 14.7 Å². The summed E-state index contributed by atoms with van der Waals surface area (Å²) in [5.41, 5.74) is 1.85. The van der Waals surface area contributed by atoms with E-state index in [1.165, 1.54) is 18.9 Å². The molecule has 1 aromatic heterocycles. The Morgan fingerprint density at radius 2 is 2.05 bits per heavy atom. The van der Waals surface area contributed by atoms with Crippen molar-refractivity contribution in [3.05, 3.63) is 36.0 Å². The van der Waals surface area contributed by atoms with Gasteiger partial charge in [-0.1, -0.05) is 18.2 Å². The molecule has 5 heteroatoms. The molecule has 0 bridgehead atoms. The van der Waals surface area contributed by atoms with Gasteiger partial charge in [-0.15, -0.1) is 0 Å². The first-order valence-corrected chi connectivity index (χ1v) is 6.04. The van der Waals surface area contributed by atoms with Crippen LogP contribution in [0.3, 0.4) is 0 Å². The van der Waals surface area contributed by atoms with Crippen LogP contribution in [0.5, 0.6) is 0 Å². The molecule has 2 aromatic rings. The molecule has 1 unspecified atom stereocenters. The normalized spacial score (nSPS) is 12.3. The number of carbonyl (C=O) groups excluding carboxylic acids is 1. The average molecular weight is 260 g/mol. The lowest BCUT2D eigenvalue weighted by Crippen LogP contribution is -2.40. The lowest BCUT2D eigenvalue weighted by molar-refractivity contribution is -0.147. The summed E-state index contributed by atoms with van der Waals surface area (Å²) in [7, 11) is 1.51. The number of benzene rings is 1. The number of aliphatic carboxylic acids is 1. The van der Waals surface area contributed by atoms with Crippen LogP contribution in [0.1, 0.15) is 12.5 Å². The van der Waals surface area contributed by atoms with E-state index in [1.54, 1.807) is 6.20 Å². The Labute approximate surface area is 110 Å². The third-order valence-electron chi connectivity index (χ3n) is 3.35. The fourth-order valence-electron chi connectivity index (χ4n) is 1.95. The fraction of sp³-hybridized carbons (Fsp3) is 0.286. The zero-order valence-corrected chi connectivity index (χ0v) is 10.9. The predicted molar refractivity (Wildman–Crippen MR) is 71.9 cm³/mol. The van der Waals surface area contributed by atoms with Crippen molar-refractivity contribution in [1.29, 1.82) is 0 Å². The number of rotatable bonds is 4. The van der Waals surface area contributed by atoms with Gasteiger partial charge in [0, 0.05) is 24.1 Å². The topological polar surface area (TPSA) is 73.4 Å². The number of aromatic amines is 1. The van der Waals surface area contributed by atoms with E-state index in [9.17, 15) is 9.59 Å². The second-order valence-corrected chi connectivity index (χ2v) is 4.56. The van der Waals surface area contributed by atoms with Gasteiger partial charge in [0.25, 0.3) is 0 Å². The Morgan fingerprint density at radius 3 is 2.74 bits per heavy atom. The molecule has 5 nitrogen and oxygen atoms in total. The number of hydrogen-bond acceptors (Lipinski definition) is 2. The van der Waals surface area contributed by atoms with Gasteiger partial charge in [-0.3, -0.25) is 4.79 Å². The average Bonchev–Trinajstić information content (AvgIpc) is 2.80. The number of fused-ring (bicyclic) bond motifs is 1. The second kappa shape index (κ2) is 5.14. The van der Waals surface area contributed by atoms with Crippen LogP contribution in [0.2, 0.25) is 0 Å². The van der Waals surface area contributed by atoms with Crippen molar-refractivity contribution in [2.45, 2.75) is 19.4 Å². The maximum atomic E-state index is 12.0. The van der Waals surface area contributed by atoms with Gasteiger partial charge in [0.05, 0.1) is 6.42 Å². The van der Waals surface area contributed by atoms with Crippen molar-refractivity contribution in [3.8, 4) is 0 Å². The van der Waals surface area contributed by atoms with Crippen LogP contribution in [0.4, 0.5) is 0 Å². The summed E-state index contributed by atoms with van der Waals surface area (Å²) in [5.74, 6) is -1.21. The molecule has 1 amide bonds. The maximum absolute atomic E-state index is 12.0. The molecular weight excluding hydrogens is 244 g/mol. The highest BCUT2D eigenvalue weighted by Crippen LogP contribution is 2.18. The van der Waals surface area contributed by atoms with Gasteiger partial charge in [0.2, 0.25) is 5.91 Å². The Kier molecular flexibility index (Phi) is 3.55. The number of aromatic nitrogens is 1. The Bertz CT molecular complexity index is 618. The summed E-state index contributed by atoms with van der Waals surface area (Å²) in [4.78, 5) is 27.3. The SMILES string of the molecule is CC(C(=O)O)N(C)C(=O)Cc1c[nH]c2ccccc12. The smallest absolute Gasteiger partial charge is 0.326 e. The first-order valence-electron chi connectivity index (χ1n) is 6.04. The van der Waals surface area contributed by atoms with E-state index >= 15 is 0 Å². The van der Waals surface area contributed by atoms with Crippen molar-refractivity contribution in [2.24, 2.45) is 0 Å². The van der Waals surface area contributed by atoms with E-state index in [1.807, 2.05) is 24.3 Å². The number of carboxylic acids is 1. The summed E-state index contributed by atoms with van der Waals surface area (Å²) in [6.45, 7) is 1.50. The highest BCUT2D eigenvalue weighted by molar-refractivity contribution is 5.90. The van der Waals surface area contributed by atoms with Crippen LogP contribution < -0.4 is 0 Å². The molecule has 0 aliphatic heterocycles. The lowest BCUT2D eigenvalue weighted by atomic mass is 10.1. The molecule has 100 valence electrons. The van der Waals surface area contributed by atoms with Gasteiger partial charge in [-0.2, -0.15) is 0 Å². The van der Waals surface area contributed by atoms with E-state index in [0.29, 0.717) is 0 Å². The van der Waals surface area contributed by atoms with Crippen LogP contribution in [-0.2, 0) is 16.0 Å². The van der Waals surface area contributed by atoms with E-state index in [0.717, 1.165) is 16.5 Å². The number of H-pyrrole nitrogens is 1. The molecule has 0 aliphatic carbocycles. The third-order valence-corrected chi connectivity index (χ3v) is 3.35. The van der Waals surface area contributed by atoms with E-state index in [4.69, 9.17) is 5.11 Å². The van der Waals surface area contributed by atoms with Crippen LogP contribution >= 0.6 is 0 Å². The summed E-state index contributed by atoms with van der Waals surface area (Å²) in [5, 5.41) is 9.89. The summed E-state index contributed by atoms with van der Waals surface area (Å²) in [6, 6.07) is 6.89. The first-order chi connectivity index (χ1) is 9.00. The molecule has 0 radical (unpaired) electrons. The van der Waals surface area contributed by atoms with Gasteiger partial charge in [-0.25, -0.2) is 4.79 Å². The Hall–Kier alpha value is -2.30. The van der Waals surface area contributed by atoms with Gasteiger partial charge >= 0.3 is 5.97 Å². The molecule has 19 heavy (non-hydrogen) atoms. The van der Waals surface area contributed by atoms with Gasteiger partial charge in [0.15, 0.2) is 0 Å². The van der Waals surface area contributed by atoms with Crippen LogP contribution in [0, 0.1) is 0 Å². The Morgan fingerprint density at radius 1 is 1.37 bits per heavy atom. The summed E-state index contributed by atoms with van der Waals surface area (Å²) >= 11 is 0. The molecule has 0 fully saturated rings. The summed E-state index contributed by atoms with van der Waals surface area (Å²) in [6.07, 6.45) is 1.99. The number of hydrogen-bond donors (Lipinski definition) is 2. The van der Waals surface area contributed by atoms with Crippen LogP contribution in [0.25, 0.3) is 10.9 Å². The molecule has 2 rings (SSSR count). The van der Waals surface area contributed by atoms with E-state index < -0.39 is 12.0 Å². The summed E-state index contributed by atoms with van der Waals surface area (Å²) < 4.78 is 0. The molecule has 0 spiro atoms. The standard InChI is InChI=1S/C14H16N2O3/c1-9(14(18)19)16(2)13(17)7-10-8-15-12-6-4-3-5-11(10)12/h3-6,8-9,15H,7H2,1-2H3,(H,18,19). The number of amides is 1. The second-order valence-electron chi connectivity index (χ2n) is 4.56. The number of carboxylic acid groups (broad SMARTS) is 1. The fourth-order valence-corrected chi connectivity index (χ4v) is 1.95. The van der Waals surface area contributed by atoms with Crippen molar-refractivity contribution >= 4 is 22.8 Å². The molecule has 0 aliphatic rings. The van der Waals surface area contributed by atoms with Gasteiger partial charge < -0.3 is 15.0 Å². The molecule has 2 N–H and O–H groups in total. The zero-order valence-electron chi connectivity index (χ0n) is 10.9. The molecule has 0 saturated heterocycles. The minimum atomic E-state index is -1.00. The number of nitrogens with one attached hydrogen (secondary N) is 1. The molecular formula is C14H16N2O3. The first kappa shape index (κ1) is 13.1. The molecule has 1 aromatic carbocycles. The van der Waals surface area contributed by atoms with Crippen molar-refractivity contribution in [2.75, 3.05) is 7.05 Å². The van der Waals surface area contributed by atoms with Crippen molar-refractivity contribution in [1.82, 2.24) is 9.88 Å². The predicted octanol–water partition coefficient (Wildman–Crippen LogP) is 1.64. The van der Waals surface area contributed by atoms with E-state index in [2.05, 4.69) is 4.98 Å².